The van der Waals surface area contributed by atoms with E-state index in [9.17, 15) is 0 Å². The minimum Gasteiger partial charge on any atom is -0.443 e. The Balaban J connectivity index is 2.50. The third kappa shape index (κ3) is 2.10. The molecular weight excluding hydrogens is 226 g/mol. The lowest BCUT2D eigenvalue weighted by Crippen LogP contribution is -1.84. The summed E-state index contributed by atoms with van der Waals surface area (Å²) in [7, 11) is 0. The molecule has 0 aliphatic heterocycles. The minimum absolute atomic E-state index is 0.187. The molecule has 3 nitrogen and oxygen atoms in total. The fourth-order valence-electron chi connectivity index (χ4n) is 1.57. The molecule has 0 amide bonds. The van der Waals surface area contributed by atoms with E-state index in [4.69, 9.17) is 21.1 Å². The van der Waals surface area contributed by atoms with Crippen LogP contribution in [0.1, 0.15) is 18.6 Å². The maximum atomic E-state index is 8.99. The molecule has 4 heteroatoms. The van der Waals surface area contributed by atoms with Crippen molar-refractivity contribution in [2.75, 3.05) is 0 Å². The summed E-state index contributed by atoms with van der Waals surface area (Å²) in [6.07, 6.45) is 0.731. The van der Waals surface area contributed by atoms with Gasteiger partial charge in [-0.05, 0) is 12.1 Å². The van der Waals surface area contributed by atoms with Crippen LogP contribution in [0.25, 0.3) is 11.3 Å². The number of hydrogen-bond donors (Lipinski definition) is 1. The van der Waals surface area contributed by atoms with Gasteiger partial charge in [-0.2, -0.15) is 0 Å². The summed E-state index contributed by atoms with van der Waals surface area (Å²) in [5, 5.41) is 9.65. The van der Waals surface area contributed by atoms with Gasteiger partial charge in [0.05, 0.1) is 0 Å². The SMILES string of the molecule is CCc1oc(CO)nc1-c1cccc(Cl)c1. The Bertz CT molecular complexity index is 494. The van der Waals surface area contributed by atoms with Gasteiger partial charge in [0.15, 0.2) is 0 Å². The van der Waals surface area contributed by atoms with Gasteiger partial charge in [-0.25, -0.2) is 4.98 Å². The maximum Gasteiger partial charge on any atom is 0.220 e. The number of aliphatic hydroxyl groups excluding tert-OH is 1. The van der Waals surface area contributed by atoms with Crippen molar-refractivity contribution in [1.82, 2.24) is 4.98 Å². The molecule has 0 saturated heterocycles. The van der Waals surface area contributed by atoms with Gasteiger partial charge in [0.2, 0.25) is 5.89 Å². The van der Waals surface area contributed by atoms with Crippen molar-refractivity contribution >= 4 is 11.6 Å². The largest absolute Gasteiger partial charge is 0.443 e. The molecular formula is C12H12ClNO2. The molecule has 0 atom stereocenters. The molecule has 0 aliphatic rings. The number of aliphatic hydroxyl groups is 1. The summed E-state index contributed by atoms with van der Waals surface area (Å²) in [6, 6.07) is 7.43. The highest BCUT2D eigenvalue weighted by atomic mass is 35.5. The monoisotopic (exact) mass is 237 g/mol. The first-order chi connectivity index (χ1) is 7.74. The normalized spacial score (nSPS) is 10.7. The van der Waals surface area contributed by atoms with E-state index in [1.165, 1.54) is 0 Å². The van der Waals surface area contributed by atoms with Crippen LogP contribution < -0.4 is 0 Å². The van der Waals surface area contributed by atoms with E-state index >= 15 is 0 Å². The summed E-state index contributed by atoms with van der Waals surface area (Å²) in [4.78, 5) is 4.24. The minimum atomic E-state index is -0.187. The zero-order valence-electron chi connectivity index (χ0n) is 8.90. The first kappa shape index (κ1) is 11.2. The molecule has 0 aliphatic carbocycles. The number of halogens is 1. The second kappa shape index (κ2) is 4.68. The van der Waals surface area contributed by atoms with Crippen molar-refractivity contribution in [2.45, 2.75) is 20.0 Å². The van der Waals surface area contributed by atoms with Crippen molar-refractivity contribution in [3.8, 4) is 11.3 Å². The van der Waals surface area contributed by atoms with Crippen molar-refractivity contribution < 1.29 is 9.52 Å². The van der Waals surface area contributed by atoms with Gasteiger partial charge < -0.3 is 9.52 Å². The zero-order chi connectivity index (χ0) is 11.5. The molecule has 1 aromatic heterocycles. The molecule has 1 aromatic carbocycles. The smallest absolute Gasteiger partial charge is 0.220 e. The van der Waals surface area contributed by atoms with Crippen molar-refractivity contribution in [3.63, 3.8) is 0 Å². The van der Waals surface area contributed by atoms with E-state index in [1.807, 2.05) is 31.2 Å². The number of rotatable bonds is 3. The lowest BCUT2D eigenvalue weighted by molar-refractivity contribution is 0.237. The Morgan fingerprint density at radius 1 is 1.44 bits per heavy atom. The Morgan fingerprint density at radius 3 is 2.88 bits per heavy atom. The van der Waals surface area contributed by atoms with Crippen LogP contribution in [0.15, 0.2) is 28.7 Å². The number of benzene rings is 1. The summed E-state index contributed by atoms with van der Waals surface area (Å²) >= 11 is 5.92. The molecule has 0 spiro atoms. The van der Waals surface area contributed by atoms with Gasteiger partial charge in [0.25, 0.3) is 0 Å². The first-order valence-corrected chi connectivity index (χ1v) is 5.47. The van der Waals surface area contributed by atoms with Gasteiger partial charge in [-0.3, -0.25) is 0 Å². The highest BCUT2D eigenvalue weighted by molar-refractivity contribution is 6.30. The average molecular weight is 238 g/mol. The number of hydrogen-bond acceptors (Lipinski definition) is 3. The summed E-state index contributed by atoms with van der Waals surface area (Å²) in [5.41, 5.74) is 1.67. The predicted molar refractivity (Wildman–Crippen MR) is 62.2 cm³/mol. The van der Waals surface area contributed by atoms with Crippen molar-refractivity contribution in [1.29, 1.82) is 0 Å². The zero-order valence-corrected chi connectivity index (χ0v) is 9.66. The van der Waals surface area contributed by atoms with Gasteiger partial charge in [-0.1, -0.05) is 30.7 Å². The van der Waals surface area contributed by atoms with E-state index < -0.39 is 0 Å². The van der Waals surface area contributed by atoms with Crippen LogP contribution in [0.3, 0.4) is 0 Å². The number of aryl methyl sites for hydroxylation is 1. The highest BCUT2D eigenvalue weighted by Crippen LogP contribution is 2.26. The molecule has 0 radical (unpaired) electrons. The van der Waals surface area contributed by atoms with Crippen LogP contribution in [-0.2, 0) is 13.0 Å². The van der Waals surface area contributed by atoms with Crippen LogP contribution >= 0.6 is 11.6 Å². The second-order valence-corrected chi connectivity index (χ2v) is 3.84. The number of nitrogens with zero attached hydrogens (tertiary/aromatic N) is 1. The standard InChI is InChI=1S/C12H12ClNO2/c1-2-10-12(14-11(7-15)16-10)8-4-3-5-9(13)6-8/h3-6,15H,2,7H2,1H3. The quantitative estimate of drug-likeness (QED) is 0.893. The first-order valence-electron chi connectivity index (χ1n) is 5.10. The summed E-state index contributed by atoms with van der Waals surface area (Å²) < 4.78 is 5.40. The van der Waals surface area contributed by atoms with Gasteiger partial charge in [0, 0.05) is 17.0 Å². The van der Waals surface area contributed by atoms with E-state index in [-0.39, 0.29) is 6.61 Å². The third-order valence-corrected chi connectivity index (χ3v) is 2.53. The van der Waals surface area contributed by atoms with E-state index in [2.05, 4.69) is 4.98 Å². The molecule has 2 aromatic rings. The molecule has 0 saturated carbocycles. The number of oxazole rings is 1. The van der Waals surface area contributed by atoms with Crippen LogP contribution in [0.2, 0.25) is 5.02 Å². The molecule has 16 heavy (non-hydrogen) atoms. The molecule has 0 fully saturated rings. The van der Waals surface area contributed by atoms with E-state index in [1.54, 1.807) is 0 Å². The van der Waals surface area contributed by atoms with Crippen LogP contribution in [-0.4, -0.2) is 10.1 Å². The van der Waals surface area contributed by atoms with Crippen LogP contribution in [0.4, 0.5) is 0 Å². The van der Waals surface area contributed by atoms with Gasteiger partial charge >= 0.3 is 0 Å². The van der Waals surface area contributed by atoms with Gasteiger partial charge in [0.1, 0.15) is 18.1 Å². The lowest BCUT2D eigenvalue weighted by atomic mass is 10.1. The molecule has 1 heterocycles. The molecule has 1 N–H and O–H groups in total. The van der Waals surface area contributed by atoms with E-state index in [0.717, 1.165) is 23.4 Å². The Hall–Kier alpha value is -1.32. The molecule has 2 rings (SSSR count). The number of aromatic nitrogens is 1. The van der Waals surface area contributed by atoms with Gasteiger partial charge in [-0.15, -0.1) is 0 Å². The fourth-order valence-corrected chi connectivity index (χ4v) is 1.76. The molecule has 0 unspecified atom stereocenters. The Labute approximate surface area is 98.7 Å². The fraction of sp³-hybridized carbons (Fsp3) is 0.250. The highest BCUT2D eigenvalue weighted by Gasteiger charge is 2.13. The maximum absolute atomic E-state index is 8.99. The van der Waals surface area contributed by atoms with Crippen LogP contribution in [0, 0.1) is 0 Å². The van der Waals surface area contributed by atoms with Crippen molar-refractivity contribution in [2.24, 2.45) is 0 Å². The molecule has 84 valence electrons. The van der Waals surface area contributed by atoms with Crippen molar-refractivity contribution in [3.05, 3.63) is 40.9 Å². The third-order valence-electron chi connectivity index (χ3n) is 2.30. The summed E-state index contributed by atoms with van der Waals surface area (Å²) in [6.45, 7) is 1.79. The predicted octanol–water partition coefficient (Wildman–Crippen LogP) is 3.05. The van der Waals surface area contributed by atoms with E-state index in [0.29, 0.717) is 10.9 Å². The molecule has 0 bridgehead atoms. The topological polar surface area (TPSA) is 46.3 Å². The van der Waals surface area contributed by atoms with Crippen LogP contribution in [0.5, 0.6) is 0 Å². The summed E-state index contributed by atoms with van der Waals surface area (Å²) in [5.74, 6) is 1.11. The average Bonchev–Trinajstić information content (AvgIpc) is 2.72. The lowest BCUT2D eigenvalue weighted by Gasteiger charge is -1.98. The Kier molecular flexibility index (Phi) is 3.27. The second-order valence-electron chi connectivity index (χ2n) is 3.40. The Morgan fingerprint density at radius 2 is 2.25 bits per heavy atom.